The van der Waals surface area contributed by atoms with E-state index in [1.165, 1.54) is 24.4 Å². The highest BCUT2D eigenvalue weighted by Gasteiger charge is 2.34. The number of hydrogen-bond acceptors (Lipinski definition) is 3. The third kappa shape index (κ3) is 2.87. The molecule has 1 aromatic carbocycles. The van der Waals surface area contributed by atoms with Gasteiger partial charge in [0.2, 0.25) is 0 Å². The molecule has 0 spiro atoms. The Kier molecular flexibility index (Phi) is 3.87. The van der Waals surface area contributed by atoms with Crippen molar-refractivity contribution < 1.29 is 17.9 Å². The number of nitrogens with two attached hydrogens (primary N) is 1. The number of para-hydroxylation sites is 1. The third-order valence-electron chi connectivity index (χ3n) is 2.84. The van der Waals surface area contributed by atoms with Gasteiger partial charge in [-0.1, -0.05) is 12.1 Å². The maximum Gasteiger partial charge on any atom is 0.419 e. The fourth-order valence-electron chi connectivity index (χ4n) is 1.83. The fourth-order valence-corrected chi connectivity index (χ4v) is 1.83. The van der Waals surface area contributed by atoms with Crippen molar-refractivity contribution in [1.29, 1.82) is 0 Å². The van der Waals surface area contributed by atoms with E-state index in [4.69, 9.17) is 10.5 Å². The molecule has 108 valence electrons. The summed E-state index contributed by atoms with van der Waals surface area (Å²) in [5, 5.41) is 4.01. The van der Waals surface area contributed by atoms with Gasteiger partial charge in [0, 0.05) is 6.54 Å². The highest BCUT2D eigenvalue weighted by molar-refractivity contribution is 5.41. The summed E-state index contributed by atoms with van der Waals surface area (Å²) in [6.45, 7) is 2.36. The monoisotopic (exact) mass is 285 g/mol. The maximum atomic E-state index is 12.8. The molecule has 0 fully saturated rings. The number of alkyl halides is 3. The zero-order chi connectivity index (χ0) is 14.8. The van der Waals surface area contributed by atoms with Crippen LogP contribution in [0, 0.1) is 0 Å². The molecule has 2 N–H and O–H groups in total. The number of rotatable bonds is 4. The van der Waals surface area contributed by atoms with Gasteiger partial charge in [-0.3, -0.25) is 4.68 Å². The Hall–Kier alpha value is -2.18. The average molecular weight is 285 g/mol. The van der Waals surface area contributed by atoms with Crippen LogP contribution in [0.25, 0.3) is 0 Å². The highest BCUT2D eigenvalue weighted by atomic mass is 19.4. The molecule has 0 unspecified atom stereocenters. The van der Waals surface area contributed by atoms with Crippen LogP contribution in [0.2, 0.25) is 0 Å². The van der Waals surface area contributed by atoms with Crippen LogP contribution in [0.1, 0.15) is 18.2 Å². The first-order valence-electron chi connectivity index (χ1n) is 6.02. The van der Waals surface area contributed by atoms with Crippen LogP contribution in [0.3, 0.4) is 0 Å². The Morgan fingerprint density at radius 2 is 2.00 bits per heavy atom. The van der Waals surface area contributed by atoms with Crippen molar-refractivity contribution in [3.05, 3.63) is 41.7 Å². The lowest BCUT2D eigenvalue weighted by Gasteiger charge is -2.14. The van der Waals surface area contributed by atoms with Crippen molar-refractivity contribution in [2.75, 3.05) is 5.73 Å². The van der Waals surface area contributed by atoms with Crippen LogP contribution in [0.5, 0.6) is 5.75 Å². The third-order valence-corrected chi connectivity index (χ3v) is 2.84. The molecule has 20 heavy (non-hydrogen) atoms. The molecule has 0 aliphatic carbocycles. The van der Waals surface area contributed by atoms with Gasteiger partial charge in [0.25, 0.3) is 0 Å². The predicted octanol–water partition coefficient (Wildman–Crippen LogP) is 3.08. The number of benzene rings is 1. The zero-order valence-corrected chi connectivity index (χ0v) is 10.8. The molecule has 0 amide bonds. The van der Waals surface area contributed by atoms with Gasteiger partial charge in [-0.2, -0.15) is 18.3 Å². The van der Waals surface area contributed by atoms with E-state index in [0.717, 1.165) is 6.07 Å². The molecule has 1 aromatic heterocycles. The van der Waals surface area contributed by atoms with Crippen molar-refractivity contribution in [1.82, 2.24) is 9.78 Å². The Balaban J connectivity index is 2.21. The first-order chi connectivity index (χ1) is 9.43. The Bertz CT molecular complexity index is 593. The number of aromatic nitrogens is 2. The summed E-state index contributed by atoms with van der Waals surface area (Å²) in [5.41, 5.74) is 5.87. The van der Waals surface area contributed by atoms with Crippen LogP contribution in [-0.2, 0) is 19.3 Å². The molecule has 2 aromatic rings. The van der Waals surface area contributed by atoms with E-state index in [1.54, 1.807) is 4.68 Å². The zero-order valence-electron chi connectivity index (χ0n) is 10.8. The van der Waals surface area contributed by atoms with E-state index in [0.29, 0.717) is 17.9 Å². The molecule has 7 heteroatoms. The van der Waals surface area contributed by atoms with Crippen molar-refractivity contribution in [2.45, 2.75) is 26.3 Å². The van der Waals surface area contributed by atoms with Crippen molar-refractivity contribution in [2.24, 2.45) is 0 Å². The van der Waals surface area contributed by atoms with Crippen LogP contribution in [0.15, 0.2) is 30.5 Å². The van der Waals surface area contributed by atoms with Crippen LogP contribution >= 0.6 is 0 Å². The second-order valence-corrected chi connectivity index (χ2v) is 4.14. The van der Waals surface area contributed by atoms with E-state index in [2.05, 4.69) is 5.10 Å². The van der Waals surface area contributed by atoms with E-state index < -0.39 is 11.7 Å². The minimum absolute atomic E-state index is 0.0627. The number of anilines is 1. The second kappa shape index (κ2) is 5.44. The summed E-state index contributed by atoms with van der Waals surface area (Å²) >= 11 is 0. The molecule has 1 heterocycles. The Morgan fingerprint density at radius 1 is 1.30 bits per heavy atom. The van der Waals surface area contributed by atoms with Crippen molar-refractivity contribution in [3.8, 4) is 5.75 Å². The molecule has 0 saturated carbocycles. The van der Waals surface area contributed by atoms with Gasteiger partial charge in [0.05, 0.1) is 23.1 Å². The van der Waals surface area contributed by atoms with Crippen LogP contribution in [-0.4, -0.2) is 9.78 Å². The SMILES string of the molecule is CCn1ncc(N)c1COc1ccccc1C(F)(F)F. The minimum Gasteiger partial charge on any atom is -0.487 e. The molecular weight excluding hydrogens is 271 g/mol. The molecule has 0 radical (unpaired) electrons. The number of halogens is 3. The summed E-state index contributed by atoms with van der Waals surface area (Å²) < 4.78 is 45.3. The summed E-state index contributed by atoms with van der Waals surface area (Å²) in [6, 6.07) is 5.08. The predicted molar refractivity (Wildman–Crippen MR) is 68.1 cm³/mol. The van der Waals surface area contributed by atoms with Gasteiger partial charge in [0.15, 0.2) is 0 Å². The molecule has 2 rings (SSSR count). The lowest BCUT2D eigenvalue weighted by Crippen LogP contribution is -2.11. The second-order valence-electron chi connectivity index (χ2n) is 4.14. The van der Waals surface area contributed by atoms with E-state index >= 15 is 0 Å². The van der Waals surface area contributed by atoms with Crippen LogP contribution < -0.4 is 10.5 Å². The summed E-state index contributed by atoms with van der Waals surface area (Å²) in [4.78, 5) is 0. The lowest BCUT2D eigenvalue weighted by molar-refractivity contribution is -0.139. The number of nitrogens with zero attached hydrogens (tertiary/aromatic N) is 2. The summed E-state index contributed by atoms with van der Waals surface area (Å²) in [7, 11) is 0. The number of aryl methyl sites for hydroxylation is 1. The number of hydrogen-bond donors (Lipinski definition) is 1. The normalized spacial score (nSPS) is 11.6. The van der Waals surface area contributed by atoms with Crippen LogP contribution in [0.4, 0.5) is 18.9 Å². The number of nitrogen functional groups attached to an aromatic ring is 1. The fraction of sp³-hybridized carbons (Fsp3) is 0.308. The van der Waals surface area contributed by atoms with Crippen molar-refractivity contribution >= 4 is 5.69 Å². The first kappa shape index (κ1) is 14.2. The van der Waals surface area contributed by atoms with Crippen molar-refractivity contribution in [3.63, 3.8) is 0 Å². The van der Waals surface area contributed by atoms with Gasteiger partial charge in [-0.25, -0.2) is 0 Å². The van der Waals surface area contributed by atoms with E-state index in [1.807, 2.05) is 6.92 Å². The molecule has 0 atom stereocenters. The van der Waals surface area contributed by atoms with Gasteiger partial charge in [-0.05, 0) is 19.1 Å². The molecular formula is C13H14F3N3O. The quantitative estimate of drug-likeness (QED) is 0.939. The van der Waals surface area contributed by atoms with E-state index in [9.17, 15) is 13.2 Å². The number of ether oxygens (including phenoxy) is 1. The summed E-state index contributed by atoms with van der Waals surface area (Å²) in [6.07, 6.45) is -3.00. The molecule has 0 aliphatic rings. The maximum absolute atomic E-state index is 12.8. The minimum atomic E-state index is -4.45. The lowest BCUT2D eigenvalue weighted by atomic mass is 10.2. The topological polar surface area (TPSA) is 53.1 Å². The molecule has 0 saturated heterocycles. The largest absolute Gasteiger partial charge is 0.487 e. The standard InChI is InChI=1S/C13H14F3N3O/c1-2-19-11(10(17)7-18-19)8-20-12-6-4-3-5-9(12)13(14,15)16/h3-7H,2,8,17H2,1H3. The highest BCUT2D eigenvalue weighted by Crippen LogP contribution is 2.36. The van der Waals surface area contributed by atoms with Gasteiger partial charge < -0.3 is 10.5 Å². The van der Waals surface area contributed by atoms with Gasteiger partial charge in [0.1, 0.15) is 12.4 Å². The smallest absolute Gasteiger partial charge is 0.419 e. The molecule has 0 bridgehead atoms. The molecule has 4 nitrogen and oxygen atoms in total. The Morgan fingerprint density at radius 3 is 2.65 bits per heavy atom. The summed E-state index contributed by atoms with van der Waals surface area (Å²) in [5.74, 6) is -0.219. The van der Waals surface area contributed by atoms with E-state index in [-0.39, 0.29) is 12.4 Å². The van der Waals surface area contributed by atoms with Gasteiger partial charge >= 0.3 is 6.18 Å². The molecule has 0 aliphatic heterocycles. The Labute approximate surface area is 114 Å². The van der Waals surface area contributed by atoms with Gasteiger partial charge in [-0.15, -0.1) is 0 Å². The first-order valence-corrected chi connectivity index (χ1v) is 6.02. The average Bonchev–Trinajstić information content (AvgIpc) is 2.76.